The van der Waals surface area contributed by atoms with Gasteiger partial charge < -0.3 is 0 Å². The number of allylic oxidation sites excluding steroid dienone is 1. The molecule has 0 unspecified atom stereocenters. The molecule has 2 aromatic carbocycles. The average molecular weight is 339 g/mol. The third-order valence-electron chi connectivity index (χ3n) is 4.61. The molecule has 1 heteroatoms. The Morgan fingerprint density at radius 2 is 1.52 bits per heavy atom. The van der Waals surface area contributed by atoms with E-state index in [0.29, 0.717) is 0 Å². The maximum Gasteiger partial charge on any atom is 0.127 e. The molecule has 0 saturated carbocycles. The molecule has 0 bridgehead atoms. The fraction of sp³-hybridized carbons (Fsp3) is 0.417. The van der Waals surface area contributed by atoms with Gasteiger partial charge >= 0.3 is 0 Å². The molecule has 2 rings (SSSR count). The van der Waals surface area contributed by atoms with Crippen LogP contribution in [0.3, 0.4) is 0 Å². The minimum atomic E-state index is -0.0849. The fourth-order valence-electron chi connectivity index (χ4n) is 3.04. The van der Waals surface area contributed by atoms with E-state index in [0.717, 1.165) is 36.8 Å². The third-order valence-corrected chi connectivity index (χ3v) is 4.61. The molecule has 0 aliphatic rings. The van der Waals surface area contributed by atoms with Crippen molar-refractivity contribution >= 4 is 6.08 Å². The summed E-state index contributed by atoms with van der Waals surface area (Å²) in [6.45, 7) is 4.40. The van der Waals surface area contributed by atoms with Crippen molar-refractivity contribution in [3.05, 3.63) is 76.6 Å². The van der Waals surface area contributed by atoms with Gasteiger partial charge in [0.25, 0.3) is 0 Å². The molecule has 0 saturated heterocycles. The quantitative estimate of drug-likeness (QED) is 0.403. The maximum absolute atomic E-state index is 14.3. The molecule has 0 aromatic heterocycles. The van der Waals surface area contributed by atoms with Crippen LogP contribution in [-0.2, 0) is 19.3 Å². The van der Waals surface area contributed by atoms with Gasteiger partial charge in [-0.25, -0.2) is 4.39 Å². The minimum Gasteiger partial charge on any atom is -0.207 e. The Balaban J connectivity index is 1.87. The van der Waals surface area contributed by atoms with E-state index >= 15 is 0 Å². The molecule has 0 amide bonds. The van der Waals surface area contributed by atoms with Crippen LogP contribution in [0.2, 0.25) is 0 Å². The zero-order valence-electron chi connectivity index (χ0n) is 15.7. The molecule has 0 aliphatic carbocycles. The summed E-state index contributed by atoms with van der Waals surface area (Å²) in [5.41, 5.74) is 4.43. The Morgan fingerprint density at radius 3 is 2.16 bits per heavy atom. The van der Waals surface area contributed by atoms with Gasteiger partial charge in [0.1, 0.15) is 5.82 Å². The summed E-state index contributed by atoms with van der Waals surface area (Å²) in [6, 6.07) is 14.4. The molecule has 0 atom stereocenters. The summed E-state index contributed by atoms with van der Waals surface area (Å²) in [5, 5.41) is 0. The first-order valence-corrected chi connectivity index (χ1v) is 9.75. The highest BCUT2D eigenvalue weighted by molar-refractivity contribution is 5.50. The number of unbranched alkanes of at least 4 members (excludes halogenated alkanes) is 3. The lowest BCUT2D eigenvalue weighted by Gasteiger charge is -2.06. The van der Waals surface area contributed by atoms with Crippen molar-refractivity contribution in [2.24, 2.45) is 0 Å². The summed E-state index contributed by atoms with van der Waals surface area (Å²) in [6.07, 6.45) is 12.9. The van der Waals surface area contributed by atoms with Crippen molar-refractivity contribution in [3.8, 4) is 0 Å². The Morgan fingerprint density at radius 1 is 0.800 bits per heavy atom. The summed E-state index contributed by atoms with van der Waals surface area (Å²) in [5.74, 6) is -0.0849. The molecule has 134 valence electrons. The van der Waals surface area contributed by atoms with Crippen molar-refractivity contribution < 1.29 is 4.39 Å². The molecule has 0 heterocycles. The lowest BCUT2D eigenvalue weighted by Crippen LogP contribution is -1.96. The van der Waals surface area contributed by atoms with Crippen LogP contribution in [0.5, 0.6) is 0 Å². The number of benzene rings is 2. The van der Waals surface area contributed by atoms with Gasteiger partial charge in [0.2, 0.25) is 0 Å². The molecular weight excluding hydrogens is 307 g/mol. The molecule has 0 N–H and O–H groups in total. The zero-order valence-corrected chi connectivity index (χ0v) is 15.7. The van der Waals surface area contributed by atoms with Gasteiger partial charge in [-0.1, -0.05) is 81.7 Å². The normalized spacial score (nSPS) is 11.3. The van der Waals surface area contributed by atoms with Crippen LogP contribution < -0.4 is 0 Å². The largest absolute Gasteiger partial charge is 0.207 e. The van der Waals surface area contributed by atoms with Crippen LogP contribution in [0.15, 0.2) is 48.5 Å². The summed E-state index contributed by atoms with van der Waals surface area (Å²) >= 11 is 0. The first-order chi connectivity index (χ1) is 12.2. The molecule has 25 heavy (non-hydrogen) atoms. The highest BCUT2D eigenvalue weighted by atomic mass is 19.1. The van der Waals surface area contributed by atoms with Crippen LogP contribution in [0.1, 0.15) is 68.2 Å². The number of hydrogen-bond acceptors (Lipinski definition) is 0. The Hall–Kier alpha value is -1.89. The monoisotopic (exact) mass is 338 g/mol. The standard InChI is InChI=1S/C24H31F/c1-3-5-6-7-8-10-22-16-18-23(24(25)19-22)17-15-21-13-11-20(9-4-2)12-14-21/h8,10-14,16,18-19H,3-7,9,15,17H2,1-2H3. The number of halogens is 1. The van der Waals surface area contributed by atoms with Crippen molar-refractivity contribution in [1.29, 1.82) is 0 Å². The van der Waals surface area contributed by atoms with Crippen molar-refractivity contribution in [2.75, 3.05) is 0 Å². The zero-order chi connectivity index (χ0) is 17.9. The van der Waals surface area contributed by atoms with E-state index in [9.17, 15) is 4.39 Å². The van der Waals surface area contributed by atoms with Gasteiger partial charge in [-0.3, -0.25) is 0 Å². The Kier molecular flexibility index (Phi) is 8.45. The second kappa shape index (κ2) is 10.9. The van der Waals surface area contributed by atoms with Gasteiger partial charge in [0.15, 0.2) is 0 Å². The van der Waals surface area contributed by atoms with E-state index in [1.54, 1.807) is 6.07 Å². The highest BCUT2D eigenvalue weighted by Crippen LogP contribution is 2.16. The second-order valence-corrected chi connectivity index (χ2v) is 6.82. The van der Waals surface area contributed by atoms with E-state index in [2.05, 4.69) is 44.2 Å². The Bertz CT molecular complexity index is 652. The van der Waals surface area contributed by atoms with E-state index in [1.807, 2.05) is 18.2 Å². The van der Waals surface area contributed by atoms with Crippen LogP contribution >= 0.6 is 0 Å². The molecular formula is C24H31F. The van der Waals surface area contributed by atoms with Crippen molar-refractivity contribution in [2.45, 2.75) is 65.2 Å². The lowest BCUT2D eigenvalue weighted by molar-refractivity contribution is 0.608. The van der Waals surface area contributed by atoms with Gasteiger partial charge in [-0.15, -0.1) is 0 Å². The smallest absolute Gasteiger partial charge is 0.127 e. The molecule has 0 aliphatic heterocycles. The lowest BCUT2D eigenvalue weighted by atomic mass is 10.0. The van der Waals surface area contributed by atoms with Gasteiger partial charge in [-0.2, -0.15) is 0 Å². The molecule has 0 nitrogen and oxygen atoms in total. The summed E-state index contributed by atoms with van der Waals surface area (Å²) in [7, 11) is 0. The molecule has 0 fully saturated rings. The van der Waals surface area contributed by atoms with Gasteiger partial charge in [0.05, 0.1) is 0 Å². The van der Waals surface area contributed by atoms with Crippen LogP contribution in [0, 0.1) is 5.82 Å². The predicted molar refractivity (Wildman–Crippen MR) is 107 cm³/mol. The second-order valence-electron chi connectivity index (χ2n) is 6.82. The van der Waals surface area contributed by atoms with Crippen molar-refractivity contribution in [3.63, 3.8) is 0 Å². The Labute approximate surface area is 152 Å². The summed E-state index contributed by atoms with van der Waals surface area (Å²) in [4.78, 5) is 0. The molecule has 2 aromatic rings. The number of hydrogen-bond donors (Lipinski definition) is 0. The number of rotatable bonds is 10. The van der Waals surface area contributed by atoms with E-state index in [1.165, 1.54) is 36.8 Å². The van der Waals surface area contributed by atoms with Crippen molar-refractivity contribution in [1.82, 2.24) is 0 Å². The molecule has 0 spiro atoms. The van der Waals surface area contributed by atoms with E-state index < -0.39 is 0 Å². The number of aryl methyl sites for hydroxylation is 3. The molecule has 0 radical (unpaired) electrons. The van der Waals surface area contributed by atoms with Crippen LogP contribution in [-0.4, -0.2) is 0 Å². The fourth-order valence-corrected chi connectivity index (χ4v) is 3.04. The minimum absolute atomic E-state index is 0.0849. The van der Waals surface area contributed by atoms with Crippen LogP contribution in [0.4, 0.5) is 4.39 Å². The maximum atomic E-state index is 14.3. The third kappa shape index (κ3) is 6.86. The van der Waals surface area contributed by atoms with E-state index in [4.69, 9.17) is 0 Å². The topological polar surface area (TPSA) is 0 Å². The van der Waals surface area contributed by atoms with Gasteiger partial charge in [0, 0.05) is 0 Å². The first kappa shape index (κ1) is 19.4. The first-order valence-electron chi connectivity index (χ1n) is 9.75. The highest BCUT2D eigenvalue weighted by Gasteiger charge is 2.04. The van der Waals surface area contributed by atoms with E-state index in [-0.39, 0.29) is 5.82 Å². The SMILES string of the molecule is CCCCCC=Cc1ccc(CCc2ccc(CCC)cc2)c(F)c1. The summed E-state index contributed by atoms with van der Waals surface area (Å²) < 4.78 is 14.3. The average Bonchev–Trinajstić information content (AvgIpc) is 2.62. The van der Waals surface area contributed by atoms with Crippen LogP contribution in [0.25, 0.3) is 6.08 Å². The predicted octanol–water partition coefficient (Wildman–Crippen LogP) is 7.16. The van der Waals surface area contributed by atoms with Gasteiger partial charge in [-0.05, 0) is 60.4 Å².